The molecule has 1 fully saturated rings. The molecule has 25 heavy (non-hydrogen) atoms. The van der Waals surface area contributed by atoms with Crippen molar-refractivity contribution in [2.75, 3.05) is 19.6 Å². The molecule has 1 aliphatic rings. The van der Waals surface area contributed by atoms with Gasteiger partial charge >= 0.3 is 6.36 Å². The number of primary amides is 1. The van der Waals surface area contributed by atoms with Gasteiger partial charge < -0.3 is 15.8 Å². The first-order chi connectivity index (χ1) is 11.7. The maximum absolute atomic E-state index is 12.1. The summed E-state index contributed by atoms with van der Waals surface area (Å²) in [6.07, 6.45) is -3.44. The van der Waals surface area contributed by atoms with E-state index in [2.05, 4.69) is 10.1 Å². The van der Waals surface area contributed by atoms with Crippen LogP contribution in [-0.4, -0.2) is 42.7 Å². The van der Waals surface area contributed by atoms with E-state index < -0.39 is 6.36 Å². The number of carbonyl (C=O) groups excluding carboxylic acids is 2. The molecule has 0 aromatic heterocycles. The Morgan fingerprint density at radius 3 is 2.32 bits per heavy atom. The van der Waals surface area contributed by atoms with Crippen molar-refractivity contribution in [1.82, 2.24) is 10.2 Å². The topological polar surface area (TPSA) is 84.7 Å². The van der Waals surface area contributed by atoms with Crippen molar-refractivity contribution in [3.05, 3.63) is 29.8 Å². The second-order valence-corrected chi connectivity index (χ2v) is 5.92. The van der Waals surface area contributed by atoms with Crippen LogP contribution in [-0.2, 0) is 16.1 Å². The summed E-state index contributed by atoms with van der Waals surface area (Å²) in [5.74, 6) is -0.924. The Balaban J connectivity index is 1.72. The van der Waals surface area contributed by atoms with Gasteiger partial charge in [0.2, 0.25) is 11.8 Å². The smallest absolute Gasteiger partial charge is 0.406 e. The largest absolute Gasteiger partial charge is 0.573 e. The highest BCUT2D eigenvalue weighted by Gasteiger charge is 2.31. The molecule has 1 aromatic carbocycles. The van der Waals surface area contributed by atoms with E-state index in [9.17, 15) is 22.8 Å². The van der Waals surface area contributed by atoms with E-state index in [1.54, 1.807) is 0 Å². The van der Waals surface area contributed by atoms with Crippen molar-refractivity contribution in [1.29, 1.82) is 0 Å². The summed E-state index contributed by atoms with van der Waals surface area (Å²) in [7, 11) is 0. The summed E-state index contributed by atoms with van der Waals surface area (Å²) in [4.78, 5) is 25.0. The first-order valence-corrected chi connectivity index (χ1v) is 7.86. The number of nitrogens with two attached hydrogens (primary N) is 1. The van der Waals surface area contributed by atoms with Crippen LogP contribution in [0.1, 0.15) is 18.4 Å². The molecule has 0 atom stereocenters. The van der Waals surface area contributed by atoms with Crippen molar-refractivity contribution >= 4 is 11.8 Å². The van der Waals surface area contributed by atoms with E-state index in [1.165, 1.54) is 24.3 Å². The number of amides is 2. The highest BCUT2D eigenvalue weighted by atomic mass is 19.4. The number of likely N-dealkylation sites (tertiary alicyclic amines) is 1. The van der Waals surface area contributed by atoms with Crippen molar-refractivity contribution < 1.29 is 27.5 Å². The number of nitrogens with one attached hydrogen (secondary N) is 1. The lowest BCUT2D eigenvalue weighted by Crippen LogP contribution is -2.43. The zero-order chi connectivity index (χ0) is 18.4. The van der Waals surface area contributed by atoms with Crippen LogP contribution in [0.25, 0.3) is 0 Å². The van der Waals surface area contributed by atoms with Crippen LogP contribution in [0.15, 0.2) is 24.3 Å². The molecule has 2 amide bonds. The van der Waals surface area contributed by atoms with Crippen LogP contribution in [0.2, 0.25) is 0 Å². The summed E-state index contributed by atoms with van der Waals surface area (Å²) in [6.45, 7) is 1.68. The predicted molar refractivity (Wildman–Crippen MR) is 83.3 cm³/mol. The molecule has 1 aromatic rings. The maximum Gasteiger partial charge on any atom is 0.573 e. The van der Waals surface area contributed by atoms with Gasteiger partial charge in [-0.25, -0.2) is 0 Å². The average molecular weight is 359 g/mol. The van der Waals surface area contributed by atoms with E-state index >= 15 is 0 Å². The van der Waals surface area contributed by atoms with Crippen LogP contribution in [0.4, 0.5) is 13.2 Å². The zero-order valence-electron chi connectivity index (χ0n) is 13.5. The molecule has 6 nitrogen and oxygen atoms in total. The molecule has 2 rings (SSSR count). The minimum atomic E-state index is -4.72. The second kappa shape index (κ2) is 8.19. The number of nitrogens with zero attached hydrogens (tertiary/aromatic N) is 1. The number of piperidine rings is 1. The minimum Gasteiger partial charge on any atom is -0.406 e. The van der Waals surface area contributed by atoms with Gasteiger partial charge in [-0.1, -0.05) is 12.1 Å². The number of benzene rings is 1. The van der Waals surface area contributed by atoms with Crippen molar-refractivity contribution in [3.63, 3.8) is 0 Å². The van der Waals surface area contributed by atoms with Crippen LogP contribution in [0.3, 0.4) is 0 Å². The Morgan fingerprint density at radius 1 is 1.20 bits per heavy atom. The monoisotopic (exact) mass is 359 g/mol. The zero-order valence-corrected chi connectivity index (χ0v) is 13.5. The summed E-state index contributed by atoms with van der Waals surface area (Å²) < 4.78 is 40.0. The molecule has 3 N–H and O–H groups in total. The Bertz CT molecular complexity index is 597. The Labute approximate surface area is 143 Å². The van der Waals surface area contributed by atoms with E-state index in [4.69, 9.17) is 5.73 Å². The van der Waals surface area contributed by atoms with Gasteiger partial charge in [-0.05, 0) is 43.6 Å². The van der Waals surface area contributed by atoms with Crippen LogP contribution < -0.4 is 15.8 Å². The molecule has 0 radical (unpaired) electrons. The number of hydrogen-bond acceptors (Lipinski definition) is 4. The number of alkyl halides is 3. The van der Waals surface area contributed by atoms with E-state index in [0.29, 0.717) is 31.5 Å². The van der Waals surface area contributed by atoms with E-state index in [0.717, 1.165) is 0 Å². The Kier molecular flexibility index (Phi) is 6.24. The van der Waals surface area contributed by atoms with Gasteiger partial charge in [0.1, 0.15) is 5.75 Å². The molecule has 0 spiro atoms. The Morgan fingerprint density at radius 2 is 1.80 bits per heavy atom. The van der Waals surface area contributed by atoms with Gasteiger partial charge in [0.25, 0.3) is 0 Å². The molecule has 0 bridgehead atoms. The minimum absolute atomic E-state index is 0.128. The highest BCUT2D eigenvalue weighted by Crippen LogP contribution is 2.22. The van der Waals surface area contributed by atoms with Crippen molar-refractivity contribution in [2.24, 2.45) is 11.7 Å². The summed E-state index contributed by atoms with van der Waals surface area (Å²) in [5, 5.41) is 2.71. The van der Waals surface area contributed by atoms with Crippen molar-refractivity contribution in [2.45, 2.75) is 25.7 Å². The van der Waals surface area contributed by atoms with E-state index in [-0.39, 0.29) is 36.6 Å². The summed E-state index contributed by atoms with van der Waals surface area (Å²) in [5.41, 5.74) is 5.92. The number of hydrogen-bond donors (Lipinski definition) is 2. The van der Waals surface area contributed by atoms with Crippen LogP contribution in [0.5, 0.6) is 5.75 Å². The second-order valence-electron chi connectivity index (χ2n) is 5.92. The number of carbonyl (C=O) groups is 2. The summed E-state index contributed by atoms with van der Waals surface area (Å²) >= 11 is 0. The van der Waals surface area contributed by atoms with Gasteiger partial charge in [0.15, 0.2) is 0 Å². The molecule has 1 saturated heterocycles. The van der Waals surface area contributed by atoms with Crippen LogP contribution >= 0.6 is 0 Å². The van der Waals surface area contributed by atoms with Gasteiger partial charge in [-0.2, -0.15) is 0 Å². The third kappa shape index (κ3) is 6.61. The third-order valence-corrected chi connectivity index (χ3v) is 4.00. The molecule has 138 valence electrons. The van der Waals surface area contributed by atoms with Gasteiger partial charge in [0.05, 0.1) is 6.54 Å². The number of halogens is 3. The SMILES string of the molecule is NC(=O)C1CCN(CC(=O)NCc2ccc(OC(F)(F)F)cc2)CC1. The maximum atomic E-state index is 12.1. The Hall–Kier alpha value is -2.29. The average Bonchev–Trinajstić information content (AvgIpc) is 2.53. The normalized spacial score (nSPS) is 16.4. The lowest BCUT2D eigenvalue weighted by atomic mass is 9.96. The molecule has 9 heteroatoms. The fraction of sp³-hybridized carbons (Fsp3) is 0.500. The number of rotatable bonds is 6. The molecular formula is C16H20F3N3O3. The number of ether oxygens (including phenoxy) is 1. The fourth-order valence-electron chi connectivity index (χ4n) is 2.64. The standard InChI is InChI=1S/C16H20F3N3O3/c17-16(18,19)25-13-3-1-11(2-4-13)9-21-14(23)10-22-7-5-12(6-8-22)15(20)24/h1-4,12H,5-10H2,(H2,20,24)(H,21,23). The molecular weight excluding hydrogens is 339 g/mol. The highest BCUT2D eigenvalue weighted by molar-refractivity contribution is 5.78. The summed E-state index contributed by atoms with van der Waals surface area (Å²) in [6, 6.07) is 5.31. The first kappa shape index (κ1) is 19.0. The van der Waals surface area contributed by atoms with Gasteiger partial charge in [-0.3, -0.25) is 14.5 Å². The molecule has 0 saturated carbocycles. The third-order valence-electron chi connectivity index (χ3n) is 4.00. The van der Waals surface area contributed by atoms with E-state index in [1.807, 2.05) is 4.90 Å². The molecule has 1 aliphatic heterocycles. The molecule has 0 unspecified atom stereocenters. The van der Waals surface area contributed by atoms with Crippen LogP contribution in [0, 0.1) is 5.92 Å². The van der Waals surface area contributed by atoms with Gasteiger partial charge in [-0.15, -0.1) is 13.2 Å². The fourth-order valence-corrected chi connectivity index (χ4v) is 2.64. The molecule has 0 aliphatic carbocycles. The first-order valence-electron chi connectivity index (χ1n) is 7.86. The van der Waals surface area contributed by atoms with Crippen molar-refractivity contribution in [3.8, 4) is 5.75 Å². The quantitative estimate of drug-likeness (QED) is 0.804. The van der Waals surface area contributed by atoms with Gasteiger partial charge in [0, 0.05) is 12.5 Å². The lowest BCUT2D eigenvalue weighted by Gasteiger charge is -2.29. The predicted octanol–water partition coefficient (Wildman–Crippen LogP) is 1.40. The molecule has 1 heterocycles. The lowest BCUT2D eigenvalue weighted by molar-refractivity contribution is -0.274.